The van der Waals surface area contributed by atoms with Gasteiger partial charge in [0.15, 0.2) is 6.04 Å². The first kappa shape index (κ1) is 13.1. The summed E-state index contributed by atoms with van der Waals surface area (Å²) in [7, 11) is 0. The second-order valence-corrected chi connectivity index (χ2v) is 4.63. The molecule has 0 aliphatic rings. The Bertz CT molecular complexity index is 579. The van der Waals surface area contributed by atoms with Crippen LogP contribution in [-0.4, -0.2) is 11.1 Å². The van der Waals surface area contributed by atoms with E-state index in [9.17, 15) is 9.90 Å². The predicted octanol–water partition coefficient (Wildman–Crippen LogP) is 3.54. The molecule has 0 fully saturated rings. The SMILES string of the molecule is Cc1ccc(NC(C(=O)O)c2ccccc2)cc1C. The van der Waals surface area contributed by atoms with Gasteiger partial charge in [-0.25, -0.2) is 4.79 Å². The van der Waals surface area contributed by atoms with E-state index >= 15 is 0 Å². The first-order valence-electron chi connectivity index (χ1n) is 6.19. The second-order valence-electron chi connectivity index (χ2n) is 4.63. The molecule has 3 nitrogen and oxygen atoms in total. The van der Waals surface area contributed by atoms with Gasteiger partial charge in [0, 0.05) is 5.69 Å². The molecule has 1 unspecified atom stereocenters. The molecular formula is C16H17NO2. The lowest BCUT2D eigenvalue weighted by Gasteiger charge is -2.17. The molecule has 98 valence electrons. The van der Waals surface area contributed by atoms with Crippen LogP contribution in [0.25, 0.3) is 0 Å². The average Bonchev–Trinajstić information content (AvgIpc) is 2.40. The fourth-order valence-corrected chi connectivity index (χ4v) is 1.93. The summed E-state index contributed by atoms with van der Waals surface area (Å²) in [4.78, 5) is 11.4. The van der Waals surface area contributed by atoms with Gasteiger partial charge in [0.2, 0.25) is 0 Å². The molecule has 0 aliphatic heterocycles. The summed E-state index contributed by atoms with van der Waals surface area (Å²) in [6.45, 7) is 4.05. The second kappa shape index (κ2) is 5.57. The highest BCUT2D eigenvalue weighted by molar-refractivity contribution is 5.79. The maximum absolute atomic E-state index is 11.4. The van der Waals surface area contributed by atoms with Gasteiger partial charge in [0.05, 0.1) is 0 Å². The van der Waals surface area contributed by atoms with Crippen molar-refractivity contribution in [1.29, 1.82) is 0 Å². The van der Waals surface area contributed by atoms with E-state index in [1.807, 2.05) is 62.4 Å². The fraction of sp³-hybridized carbons (Fsp3) is 0.188. The van der Waals surface area contributed by atoms with Gasteiger partial charge < -0.3 is 10.4 Å². The minimum Gasteiger partial charge on any atom is -0.479 e. The minimum atomic E-state index is -0.885. The third-order valence-corrected chi connectivity index (χ3v) is 3.20. The Morgan fingerprint density at radius 1 is 1.05 bits per heavy atom. The Balaban J connectivity index is 2.27. The summed E-state index contributed by atoms with van der Waals surface area (Å²) in [6, 6.07) is 14.3. The lowest BCUT2D eigenvalue weighted by molar-refractivity contribution is -0.138. The topological polar surface area (TPSA) is 49.3 Å². The van der Waals surface area contributed by atoms with E-state index in [0.29, 0.717) is 0 Å². The summed E-state index contributed by atoms with van der Waals surface area (Å²) in [5, 5.41) is 12.4. The summed E-state index contributed by atoms with van der Waals surface area (Å²) >= 11 is 0. The number of aryl methyl sites for hydroxylation is 2. The molecule has 1 atom stereocenters. The first-order chi connectivity index (χ1) is 9.08. The molecule has 0 saturated carbocycles. The lowest BCUT2D eigenvalue weighted by atomic mass is 10.1. The van der Waals surface area contributed by atoms with Crippen LogP contribution in [0.1, 0.15) is 22.7 Å². The molecule has 0 aromatic heterocycles. The summed E-state index contributed by atoms with van der Waals surface area (Å²) in [5.41, 5.74) is 3.90. The molecule has 0 aliphatic carbocycles. The highest BCUT2D eigenvalue weighted by Gasteiger charge is 2.19. The van der Waals surface area contributed by atoms with Gasteiger partial charge in [-0.2, -0.15) is 0 Å². The van der Waals surface area contributed by atoms with Crippen LogP contribution in [0, 0.1) is 13.8 Å². The Labute approximate surface area is 112 Å². The normalized spacial score (nSPS) is 11.9. The van der Waals surface area contributed by atoms with Gasteiger partial charge >= 0.3 is 5.97 Å². The number of rotatable bonds is 4. The number of nitrogens with one attached hydrogen (secondary N) is 1. The van der Waals surface area contributed by atoms with E-state index in [-0.39, 0.29) is 0 Å². The standard InChI is InChI=1S/C16H17NO2/c1-11-8-9-14(10-12(11)2)17-15(16(18)19)13-6-4-3-5-7-13/h3-10,15,17H,1-2H3,(H,18,19). The zero-order valence-electron chi connectivity index (χ0n) is 11.1. The molecule has 2 rings (SSSR count). The van der Waals surface area contributed by atoms with Crippen LogP contribution in [0.5, 0.6) is 0 Å². The summed E-state index contributed by atoms with van der Waals surface area (Å²) in [6.07, 6.45) is 0. The van der Waals surface area contributed by atoms with Gasteiger partial charge in [-0.1, -0.05) is 36.4 Å². The third kappa shape index (κ3) is 3.13. The van der Waals surface area contributed by atoms with Gasteiger partial charge in [0.25, 0.3) is 0 Å². The van der Waals surface area contributed by atoms with Crippen LogP contribution in [0.2, 0.25) is 0 Å². The van der Waals surface area contributed by atoms with E-state index in [0.717, 1.165) is 16.8 Å². The van der Waals surface area contributed by atoms with Gasteiger partial charge in [-0.05, 0) is 42.7 Å². The molecule has 19 heavy (non-hydrogen) atoms. The van der Waals surface area contributed by atoms with Crippen LogP contribution in [-0.2, 0) is 4.79 Å². The highest BCUT2D eigenvalue weighted by atomic mass is 16.4. The van der Waals surface area contributed by atoms with Crippen LogP contribution < -0.4 is 5.32 Å². The molecule has 2 aromatic carbocycles. The predicted molar refractivity (Wildman–Crippen MR) is 76.4 cm³/mol. The molecule has 2 aromatic rings. The van der Waals surface area contributed by atoms with Crippen LogP contribution in [0.15, 0.2) is 48.5 Å². The molecular weight excluding hydrogens is 238 g/mol. The number of carbonyl (C=O) groups is 1. The summed E-state index contributed by atoms with van der Waals surface area (Å²) < 4.78 is 0. The zero-order valence-corrected chi connectivity index (χ0v) is 11.1. The largest absolute Gasteiger partial charge is 0.479 e. The van der Waals surface area contributed by atoms with Gasteiger partial charge in [-0.15, -0.1) is 0 Å². The number of hydrogen-bond acceptors (Lipinski definition) is 2. The molecule has 0 saturated heterocycles. The van der Waals surface area contributed by atoms with Crippen molar-refractivity contribution >= 4 is 11.7 Å². The Morgan fingerprint density at radius 3 is 2.32 bits per heavy atom. The van der Waals surface area contributed by atoms with Gasteiger partial charge in [0.1, 0.15) is 0 Å². The Kier molecular flexibility index (Phi) is 3.85. The summed E-state index contributed by atoms with van der Waals surface area (Å²) in [5.74, 6) is -0.885. The van der Waals surface area contributed by atoms with E-state index in [1.165, 1.54) is 5.56 Å². The highest BCUT2D eigenvalue weighted by Crippen LogP contribution is 2.21. The van der Waals surface area contributed by atoms with Crippen molar-refractivity contribution in [2.45, 2.75) is 19.9 Å². The van der Waals surface area contributed by atoms with Crippen LogP contribution in [0.3, 0.4) is 0 Å². The number of aliphatic carboxylic acids is 1. The molecule has 3 heteroatoms. The number of hydrogen-bond donors (Lipinski definition) is 2. The number of anilines is 1. The van der Waals surface area contributed by atoms with E-state index in [4.69, 9.17) is 0 Å². The van der Waals surface area contributed by atoms with Crippen molar-refractivity contribution in [2.75, 3.05) is 5.32 Å². The molecule has 0 bridgehead atoms. The van der Waals surface area contributed by atoms with Gasteiger partial charge in [-0.3, -0.25) is 0 Å². The smallest absolute Gasteiger partial charge is 0.330 e. The van der Waals surface area contributed by atoms with Crippen LogP contribution >= 0.6 is 0 Å². The molecule has 0 heterocycles. The third-order valence-electron chi connectivity index (χ3n) is 3.20. The van der Waals surface area contributed by atoms with Crippen molar-refractivity contribution in [2.24, 2.45) is 0 Å². The quantitative estimate of drug-likeness (QED) is 0.878. The van der Waals surface area contributed by atoms with Crippen molar-refractivity contribution in [3.8, 4) is 0 Å². The van der Waals surface area contributed by atoms with E-state index < -0.39 is 12.0 Å². The monoisotopic (exact) mass is 255 g/mol. The number of carboxylic acid groups (broad SMARTS) is 1. The number of carboxylic acids is 1. The number of benzene rings is 2. The lowest BCUT2D eigenvalue weighted by Crippen LogP contribution is -2.20. The molecule has 0 amide bonds. The maximum atomic E-state index is 11.4. The van der Waals surface area contributed by atoms with Crippen molar-refractivity contribution in [3.05, 3.63) is 65.2 Å². The maximum Gasteiger partial charge on any atom is 0.330 e. The van der Waals surface area contributed by atoms with E-state index in [2.05, 4.69) is 5.32 Å². The Hall–Kier alpha value is -2.29. The minimum absolute atomic E-state index is 0.733. The fourth-order valence-electron chi connectivity index (χ4n) is 1.93. The van der Waals surface area contributed by atoms with E-state index in [1.54, 1.807) is 0 Å². The molecule has 2 N–H and O–H groups in total. The first-order valence-corrected chi connectivity index (χ1v) is 6.19. The average molecular weight is 255 g/mol. The Morgan fingerprint density at radius 2 is 1.74 bits per heavy atom. The van der Waals surface area contributed by atoms with Crippen molar-refractivity contribution in [1.82, 2.24) is 0 Å². The zero-order chi connectivity index (χ0) is 13.8. The van der Waals surface area contributed by atoms with Crippen molar-refractivity contribution in [3.63, 3.8) is 0 Å². The van der Waals surface area contributed by atoms with Crippen LogP contribution in [0.4, 0.5) is 5.69 Å². The van der Waals surface area contributed by atoms with Crippen molar-refractivity contribution < 1.29 is 9.90 Å². The molecule has 0 spiro atoms. The molecule has 0 radical (unpaired) electrons.